The number of hydrogen-bond donors (Lipinski definition) is 1. The molecule has 0 aliphatic rings. The maximum atomic E-state index is 5.51. The van der Waals surface area contributed by atoms with Gasteiger partial charge in [0, 0.05) is 24.9 Å². The number of hydrogen-bond acceptors (Lipinski definition) is 4. The largest absolute Gasteiger partial charge is 0.436 e. The summed E-state index contributed by atoms with van der Waals surface area (Å²) < 4.78 is 7.13. The van der Waals surface area contributed by atoms with Crippen molar-refractivity contribution in [1.82, 2.24) is 14.8 Å². The molecule has 0 atom stereocenters. The number of aryl methyl sites for hydroxylation is 1. The van der Waals surface area contributed by atoms with E-state index in [0.29, 0.717) is 16.6 Å². The Balaban J connectivity index is 2.21. The van der Waals surface area contributed by atoms with E-state index in [4.69, 9.17) is 22.7 Å². The Kier molecular flexibility index (Phi) is 2.82. The number of thiocarbonyl (C=S) groups is 1. The van der Waals surface area contributed by atoms with E-state index in [1.807, 2.05) is 7.05 Å². The standard InChI is InChI=1S/C10H10N4OS/c1-14-6-8(5-13-14)15-9-4-7(10(11)16)2-3-12-9/h2-6H,1H3,(H2,11,16). The van der Waals surface area contributed by atoms with Gasteiger partial charge in [-0.25, -0.2) is 4.98 Å². The number of aromatic nitrogens is 3. The van der Waals surface area contributed by atoms with E-state index in [1.165, 1.54) is 0 Å². The lowest BCUT2D eigenvalue weighted by molar-refractivity contribution is 0.462. The van der Waals surface area contributed by atoms with Gasteiger partial charge >= 0.3 is 0 Å². The highest BCUT2D eigenvalue weighted by Gasteiger charge is 2.03. The van der Waals surface area contributed by atoms with Crippen molar-refractivity contribution in [3.63, 3.8) is 0 Å². The van der Waals surface area contributed by atoms with Crippen molar-refractivity contribution in [3.05, 3.63) is 36.3 Å². The number of nitrogens with zero attached hydrogens (tertiary/aromatic N) is 3. The second-order valence-electron chi connectivity index (χ2n) is 3.20. The smallest absolute Gasteiger partial charge is 0.220 e. The van der Waals surface area contributed by atoms with Crippen molar-refractivity contribution in [2.24, 2.45) is 12.8 Å². The van der Waals surface area contributed by atoms with Crippen molar-refractivity contribution in [2.75, 3.05) is 0 Å². The van der Waals surface area contributed by atoms with E-state index in [-0.39, 0.29) is 0 Å². The molecular weight excluding hydrogens is 224 g/mol. The first-order valence-electron chi connectivity index (χ1n) is 4.57. The monoisotopic (exact) mass is 234 g/mol. The molecular formula is C10H10N4OS. The Morgan fingerprint density at radius 3 is 3.00 bits per heavy atom. The summed E-state index contributed by atoms with van der Waals surface area (Å²) in [5.41, 5.74) is 6.24. The number of pyridine rings is 1. The van der Waals surface area contributed by atoms with Crippen molar-refractivity contribution in [2.45, 2.75) is 0 Å². The first-order chi connectivity index (χ1) is 7.65. The predicted octanol–water partition coefficient (Wildman–Crippen LogP) is 1.24. The van der Waals surface area contributed by atoms with E-state index in [1.54, 1.807) is 35.4 Å². The van der Waals surface area contributed by atoms with Gasteiger partial charge in [-0.1, -0.05) is 12.2 Å². The normalized spacial score (nSPS) is 10.1. The summed E-state index contributed by atoms with van der Waals surface area (Å²) in [5.74, 6) is 1.06. The molecule has 6 heteroatoms. The van der Waals surface area contributed by atoms with Crippen LogP contribution in [0.2, 0.25) is 0 Å². The molecule has 2 heterocycles. The van der Waals surface area contributed by atoms with Crippen LogP contribution in [0.4, 0.5) is 0 Å². The second-order valence-corrected chi connectivity index (χ2v) is 3.64. The van der Waals surface area contributed by atoms with Crippen molar-refractivity contribution >= 4 is 17.2 Å². The number of nitrogens with two attached hydrogens (primary N) is 1. The third-order valence-electron chi connectivity index (χ3n) is 1.92. The fraction of sp³-hybridized carbons (Fsp3) is 0.100. The zero-order chi connectivity index (χ0) is 11.5. The van der Waals surface area contributed by atoms with Crippen LogP contribution in [-0.2, 0) is 7.05 Å². The first-order valence-corrected chi connectivity index (χ1v) is 4.98. The van der Waals surface area contributed by atoms with E-state index >= 15 is 0 Å². The topological polar surface area (TPSA) is 66.0 Å². The van der Waals surface area contributed by atoms with Crippen molar-refractivity contribution in [3.8, 4) is 11.6 Å². The minimum Gasteiger partial charge on any atom is -0.436 e. The van der Waals surface area contributed by atoms with Crippen LogP contribution in [0.25, 0.3) is 0 Å². The fourth-order valence-corrected chi connectivity index (χ4v) is 1.32. The van der Waals surface area contributed by atoms with Crippen LogP contribution >= 0.6 is 12.2 Å². The van der Waals surface area contributed by atoms with Gasteiger partial charge in [0.25, 0.3) is 0 Å². The van der Waals surface area contributed by atoms with Crippen molar-refractivity contribution in [1.29, 1.82) is 0 Å². The molecule has 2 rings (SSSR count). The Bertz CT molecular complexity index is 523. The zero-order valence-corrected chi connectivity index (χ0v) is 9.44. The Morgan fingerprint density at radius 2 is 2.38 bits per heavy atom. The predicted molar refractivity (Wildman–Crippen MR) is 63.4 cm³/mol. The average Bonchev–Trinajstić information content (AvgIpc) is 2.64. The summed E-state index contributed by atoms with van der Waals surface area (Å²) in [5, 5.41) is 3.98. The van der Waals surface area contributed by atoms with Crippen LogP contribution in [0.3, 0.4) is 0 Å². The van der Waals surface area contributed by atoms with Crippen LogP contribution in [0.5, 0.6) is 11.6 Å². The van der Waals surface area contributed by atoms with Crippen LogP contribution in [-0.4, -0.2) is 19.8 Å². The average molecular weight is 234 g/mol. The van der Waals surface area contributed by atoms with Gasteiger partial charge in [-0.05, 0) is 6.07 Å². The molecule has 0 aromatic carbocycles. The SMILES string of the molecule is Cn1cc(Oc2cc(C(N)=S)ccn2)cn1. The third-order valence-corrected chi connectivity index (χ3v) is 2.16. The molecule has 0 bridgehead atoms. The molecule has 5 nitrogen and oxygen atoms in total. The first kappa shape index (κ1) is 10.6. The van der Waals surface area contributed by atoms with Gasteiger partial charge in [-0.2, -0.15) is 5.10 Å². The molecule has 0 amide bonds. The highest BCUT2D eigenvalue weighted by atomic mass is 32.1. The van der Waals surface area contributed by atoms with Crippen LogP contribution in [0.1, 0.15) is 5.56 Å². The van der Waals surface area contributed by atoms with Crippen molar-refractivity contribution < 1.29 is 4.74 Å². The van der Waals surface area contributed by atoms with Crippen LogP contribution in [0, 0.1) is 0 Å². The lowest BCUT2D eigenvalue weighted by atomic mass is 10.3. The Labute approximate surface area is 97.9 Å². The molecule has 0 spiro atoms. The maximum Gasteiger partial charge on any atom is 0.220 e. The van der Waals surface area contributed by atoms with Crippen LogP contribution < -0.4 is 10.5 Å². The lowest BCUT2D eigenvalue weighted by Crippen LogP contribution is -2.09. The third kappa shape index (κ3) is 2.34. The van der Waals surface area contributed by atoms with E-state index < -0.39 is 0 Å². The second kappa shape index (κ2) is 4.28. The molecule has 0 unspecified atom stereocenters. The summed E-state index contributed by atoms with van der Waals surface area (Å²) in [6, 6.07) is 3.42. The number of rotatable bonds is 3. The van der Waals surface area contributed by atoms with E-state index in [2.05, 4.69) is 10.1 Å². The van der Waals surface area contributed by atoms with Gasteiger partial charge in [-0.15, -0.1) is 0 Å². The van der Waals surface area contributed by atoms with Crippen LogP contribution in [0.15, 0.2) is 30.7 Å². The molecule has 0 aliphatic heterocycles. The summed E-state index contributed by atoms with van der Waals surface area (Å²) in [6.45, 7) is 0. The lowest BCUT2D eigenvalue weighted by Gasteiger charge is -2.03. The van der Waals surface area contributed by atoms with Gasteiger partial charge in [0.15, 0.2) is 5.75 Å². The highest BCUT2D eigenvalue weighted by Crippen LogP contribution is 2.18. The van der Waals surface area contributed by atoms with Gasteiger partial charge < -0.3 is 10.5 Å². The molecule has 0 aliphatic carbocycles. The molecule has 0 saturated heterocycles. The highest BCUT2D eigenvalue weighted by molar-refractivity contribution is 7.80. The Morgan fingerprint density at radius 1 is 1.56 bits per heavy atom. The molecule has 0 saturated carbocycles. The molecule has 2 aromatic rings. The van der Waals surface area contributed by atoms with Gasteiger partial charge in [0.05, 0.1) is 12.4 Å². The molecule has 2 aromatic heterocycles. The minimum absolute atomic E-state index is 0.318. The van der Waals surface area contributed by atoms with Gasteiger partial charge in [-0.3, -0.25) is 4.68 Å². The van der Waals surface area contributed by atoms with E-state index in [9.17, 15) is 0 Å². The summed E-state index contributed by atoms with van der Waals surface area (Å²) >= 11 is 4.87. The molecule has 0 fully saturated rings. The minimum atomic E-state index is 0.318. The maximum absolute atomic E-state index is 5.51. The summed E-state index contributed by atoms with van der Waals surface area (Å²) in [7, 11) is 1.81. The molecule has 16 heavy (non-hydrogen) atoms. The molecule has 2 N–H and O–H groups in total. The number of ether oxygens (including phenoxy) is 1. The van der Waals surface area contributed by atoms with E-state index in [0.717, 1.165) is 5.56 Å². The summed E-state index contributed by atoms with van der Waals surface area (Å²) in [6.07, 6.45) is 4.95. The van der Waals surface area contributed by atoms with Gasteiger partial charge in [0.1, 0.15) is 4.99 Å². The van der Waals surface area contributed by atoms with Gasteiger partial charge in [0.2, 0.25) is 5.88 Å². The molecule has 0 radical (unpaired) electrons. The summed E-state index contributed by atoms with van der Waals surface area (Å²) in [4.78, 5) is 4.37. The Hall–Kier alpha value is -1.95. The molecule has 82 valence electrons. The quantitative estimate of drug-likeness (QED) is 0.809. The zero-order valence-electron chi connectivity index (χ0n) is 8.62. The fourth-order valence-electron chi connectivity index (χ4n) is 1.19.